The Morgan fingerprint density at radius 3 is 2.55 bits per heavy atom. The summed E-state index contributed by atoms with van der Waals surface area (Å²) in [6, 6.07) is 14.8. The third kappa shape index (κ3) is 4.73. The van der Waals surface area contributed by atoms with Gasteiger partial charge in [-0.1, -0.05) is 35.3 Å². The molecule has 0 saturated carbocycles. The average Bonchev–Trinajstić information content (AvgIpc) is 3.23. The number of pyridine rings is 1. The van der Waals surface area contributed by atoms with Crippen molar-refractivity contribution in [2.45, 2.75) is 25.9 Å². The van der Waals surface area contributed by atoms with Crippen LogP contribution in [0.3, 0.4) is 0 Å². The molecule has 0 bridgehead atoms. The van der Waals surface area contributed by atoms with E-state index in [9.17, 15) is 14.3 Å². The summed E-state index contributed by atoms with van der Waals surface area (Å²) in [6.07, 6.45) is 2.48. The molecule has 0 spiro atoms. The van der Waals surface area contributed by atoms with Crippen molar-refractivity contribution in [1.82, 2.24) is 4.98 Å². The van der Waals surface area contributed by atoms with Gasteiger partial charge >= 0.3 is 5.97 Å². The quantitative estimate of drug-likeness (QED) is 0.437. The van der Waals surface area contributed by atoms with Gasteiger partial charge in [0.1, 0.15) is 23.9 Å². The van der Waals surface area contributed by atoms with E-state index in [0.29, 0.717) is 27.1 Å². The van der Waals surface area contributed by atoms with E-state index in [0.717, 1.165) is 36.0 Å². The third-order valence-electron chi connectivity index (χ3n) is 5.16. The molecule has 2 aromatic carbocycles. The zero-order valence-corrected chi connectivity index (χ0v) is 17.9. The van der Waals surface area contributed by atoms with Gasteiger partial charge in [0.25, 0.3) is 0 Å². The lowest BCUT2D eigenvalue weighted by molar-refractivity contribution is 0.0690. The number of aromatic carboxylic acids is 1. The van der Waals surface area contributed by atoms with Crippen LogP contribution in [0.15, 0.2) is 54.6 Å². The summed E-state index contributed by atoms with van der Waals surface area (Å²) in [6.45, 7) is 0.0196. The van der Waals surface area contributed by atoms with Gasteiger partial charge in [-0.2, -0.15) is 0 Å². The van der Waals surface area contributed by atoms with Gasteiger partial charge in [0.15, 0.2) is 0 Å². The molecular formula is C24H18Cl2FNO3. The van der Waals surface area contributed by atoms with E-state index in [4.69, 9.17) is 27.9 Å². The van der Waals surface area contributed by atoms with Crippen LogP contribution in [0.2, 0.25) is 10.0 Å². The summed E-state index contributed by atoms with van der Waals surface area (Å²) in [5.41, 5.74) is 3.87. The summed E-state index contributed by atoms with van der Waals surface area (Å²) in [4.78, 5) is 15.6. The normalized spacial score (nSPS) is 13.5. The number of benzene rings is 2. The molecule has 158 valence electrons. The Balaban J connectivity index is 1.71. The highest BCUT2D eigenvalue weighted by molar-refractivity contribution is 6.31. The molecule has 3 aromatic rings. The summed E-state index contributed by atoms with van der Waals surface area (Å²) in [5.74, 6) is -0.973. The number of aromatic nitrogens is 1. The van der Waals surface area contributed by atoms with Gasteiger partial charge < -0.3 is 9.84 Å². The lowest BCUT2D eigenvalue weighted by atomic mass is 9.99. The van der Waals surface area contributed by atoms with E-state index in [-0.39, 0.29) is 12.3 Å². The van der Waals surface area contributed by atoms with Gasteiger partial charge in [-0.05, 0) is 72.9 Å². The molecule has 0 saturated heterocycles. The zero-order chi connectivity index (χ0) is 22.0. The SMILES string of the molecule is O=C(O)c1cccc(C2=C(c3ccc(Cl)cc3OCc3ccc(Cl)cc3F)CCC2)n1. The molecule has 0 aliphatic heterocycles. The highest BCUT2D eigenvalue weighted by atomic mass is 35.5. The second-order valence-corrected chi connectivity index (χ2v) is 8.06. The van der Waals surface area contributed by atoms with Crippen molar-refractivity contribution in [1.29, 1.82) is 0 Å². The number of carboxylic acid groups (broad SMARTS) is 1. The van der Waals surface area contributed by atoms with Crippen LogP contribution in [-0.4, -0.2) is 16.1 Å². The Morgan fingerprint density at radius 1 is 1.03 bits per heavy atom. The lowest BCUT2D eigenvalue weighted by Crippen LogP contribution is -2.03. The number of nitrogens with zero attached hydrogens (tertiary/aromatic N) is 1. The first kappa shape index (κ1) is 21.3. The fourth-order valence-electron chi connectivity index (χ4n) is 3.70. The maximum atomic E-state index is 14.2. The van der Waals surface area contributed by atoms with Crippen LogP contribution in [0.1, 0.15) is 46.6 Å². The van der Waals surface area contributed by atoms with Crippen LogP contribution in [0.5, 0.6) is 5.75 Å². The Kier molecular flexibility index (Phi) is 6.25. The van der Waals surface area contributed by atoms with Crippen molar-refractivity contribution in [3.63, 3.8) is 0 Å². The summed E-state index contributed by atoms with van der Waals surface area (Å²) >= 11 is 12.0. The van der Waals surface area contributed by atoms with Gasteiger partial charge in [-0.25, -0.2) is 14.2 Å². The van der Waals surface area contributed by atoms with E-state index in [1.807, 2.05) is 12.1 Å². The summed E-state index contributed by atoms with van der Waals surface area (Å²) < 4.78 is 20.1. The largest absolute Gasteiger partial charge is 0.488 e. The van der Waals surface area contributed by atoms with Crippen LogP contribution < -0.4 is 4.74 Å². The highest BCUT2D eigenvalue weighted by Gasteiger charge is 2.22. The number of hydrogen-bond donors (Lipinski definition) is 1. The van der Waals surface area contributed by atoms with Crippen molar-refractivity contribution < 1.29 is 19.0 Å². The molecular weight excluding hydrogens is 440 g/mol. The van der Waals surface area contributed by atoms with E-state index in [1.165, 1.54) is 12.1 Å². The number of ether oxygens (including phenoxy) is 1. The number of hydrogen-bond acceptors (Lipinski definition) is 3. The summed E-state index contributed by atoms with van der Waals surface area (Å²) in [5, 5.41) is 10.1. The molecule has 4 rings (SSSR count). The van der Waals surface area contributed by atoms with E-state index < -0.39 is 11.8 Å². The van der Waals surface area contributed by atoms with Crippen molar-refractivity contribution in [2.75, 3.05) is 0 Å². The number of carboxylic acids is 1. The molecule has 1 aliphatic rings. The van der Waals surface area contributed by atoms with Gasteiger partial charge in [-0.15, -0.1) is 0 Å². The minimum Gasteiger partial charge on any atom is -0.488 e. The van der Waals surface area contributed by atoms with Crippen molar-refractivity contribution >= 4 is 40.3 Å². The van der Waals surface area contributed by atoms with Crippen LogP contribution in [0, 0.1) is 5.82 Å². The Hall–Kier alpha value is -2.89. The van der Waals surface area contributed by atoms with Crippen molar-refractivity contribution in [3.05, 3.63) is 93.0 Å². The van der Waals surface area contributed by atoms with Crippen molar-refractivity contribution in [2.24, 2.45) is 0 Å². The molecule has 0 fully saturated rings. The van der Waals surface area contributed by atoms with Gasteiger partial charge in [-0.3, -0.25) is 0 Å². The minimum atomic E-state index is -1.07. The predicted octanol–water partition coefficient (Wildman–Crippen LogP) is 6.90. The van der Waals surface area contributed by atoms with Crippen LogP contribution in [0.25, 0.3) is 11.1 Å². The maximum Gasteiger partial charge on any atom is 0.354 e. The number of halogens is 3. The monoisotopic (exact) mass is 457 g/mol. The Morgan fingerprint density at radius 2 is 1.77 bits per heavy atom. The van der Waals surface area contributed by atoms with Gasteiger partial charge in [0.2, 0.25) is 0 Å². The Labute approximate surface area is 188 Å². The fourth-order valence-corrected chi connectivity index (χ4v) is 4.03. The smallest absolute Gasteiger partial charge is 0.354 e. The van der Waals surface area contributed by atoms with E-state index in [1.54, 1.807) is 30.3 Å². The minimum absolute atomic E-state index is 0.00189. The Bertz CT molecular complexity index is 1190. The first-order chi connectivity index (χ1) is 14.9. The van der Waals surface area contributed by atoms with Crippen LogP contribution in [0.4, 0.5) is 4.39 Å². The maximum absolute atomic E-state index is 14.2. The molecule has 0 unspecified atom stereocenters. The second-order valence-electron chi connectivity index (χ2n) is 7.19. The second kappa shape index (κ2) is 9.08. The molecule has 1 N–H and O–H groups in total. The molecule has 0 radical (unpaired) electrons. The molecule has 1 aromatic heterocycles. The number of rotatable bonds is 6. The van der Waals surface area contributed by atoms with Crippen LogP contribution in [-0.2, 0) is 6.61 Å². The van der Waals surface area contributed by atoms with E-state index >= 15 is 0 Å². The molecule has 1 heterocycles. The number of carbonyl (C=O) groups is 1. The first-order valence-corrected chi connectivity index (χ1v) is 10.5. The fraction of sp³-hybridized carbons (Fsp3) is 0.167. The highest BCUT2D eigenvalue weighted by Crippen LogP contribution is 2.43. The molecule has 1 aliphatic carbocycles. The van der Waals surface area contributed by atoms with Gasteiger partial charge in [0, 0.05) is 21.2 Å². The molecule has 31 heavy (non-hydrogen) atoms. The lowest BCUT2D eigenvalue weighted by Gasteiger charge is -2.15. The van der Waals surface area contributed by atoms with Crippen molar-refractivity contribution in [3.8, 4) is 5.75 Å². The molecule has 0 amide bonds. The number of allylic oxidation sites excluding steroid dienone is 2. The predicted molar refractivity (Wildman–Crippen MR) is 119 cm³/mol. The topological polar surface area (TPSA) is 59.4 Å². The summed E-state index contributed by atoms with van der Waals surface area (Å²) in [7, 11) is 0. The van der Waals surface area contributed by atoms with Gasteiger partial charge in [0.05, 0.1) is 5.69 Å². The standard InChI is InChI=1S/C24H18Cl2FNO3/c25-15-8-7-14(20(27)11-15)13-31-23-12-16(26)9-10-19(23)17-3-1-4-18(17)21-5-2-6-22(28-21)24(29)30/h2,5-12H,1,3-4,13H2,(H,29,30). The first-order valence-electron chi connectivity index (χ1n) is 9.72. The molecule has 7 heteroatoms. The van der Waals surface area contributed by atoms with E-state index in [2.05, 4.69) is 4.98 Å². The molecule has 0 atom stereocenters. The van der Waals surface area contributed by atoms with Crippen LogP contribution >= 0.6 is 23.2 Å². The third-order valence-corrected chi connectivity index (χ3v) is 5.63. The average molecular weight is 458 g/mol. The molecule has 4 nitrogen and oxygen atoms in total. The zero-order valence-electron chi connectivity index (χ0n) is 16.4.